The summed E-state index contributed by atoms with van der Waals surface area (Å²) in [7, 11) is 1.60. The molecule has 29 heavy (non-hydrogen) atoms. The maximum Gasteiger partial charge on any atom is 0.277 e. The van der Waals surface area contributed by atoms with E-state index >= 15 is 0 Å². The Bertz CT molecular complexity index is 932. The summed E-state index contributed by atoms with van der Waals surface area (Å²) in [6, 6.07) is 13.1. The summed E-state index contributed by atoms with van der Waals surface area (Å²) in [5.41, 5.74) is 0.969. The number of carbonyl (C=O) groups is 1. The first kappa shape index (κ1) is 20.7. The summed E-state index contributed by atoms with van der Waals surface area (Å²) in [5.74, 6) is 1.18. The number of rotatable bonds is 9. The largest absolute Gasteiger partial charge is 0.497 e. The Balaban J connectivity index is 1.44. The van der Waals surface area contributed by atoms with Gasteiger partial charge in [0.2, 0.25) is 5.91 Å². The number of nitrogens with zero attached hydrogens (tertiary/aromatic N) is 2. The van der Waals surface area contributed by atoms with E-state index < -0.39 is 6.10 Å². The number of ether oxygens (including phenoxy) is 2. The van der Waals surface area contributed by atoms with Crippen LogP contribution < -0.4 is 14.8 Å². The highest BCUT2D eigenvalue weighted by molar-refractivity contribution is 7.99. The predicted molar refractivity (Wildman–Crippen MR) is 105 cm³/mol. The van der Waals surface area contributed by atoms with Gasteiger partial charge >= 0.3 is 0 Å². The SMILES string of the molecule is COc1ccc(CNC(=O)CSc2nnc([C@H](C)Oc3ccc(F)cc3)o2)cc1. The van der Waals surface area contributed by atoms with Gasteiger partial charge in [-0.15, -0.1) is 10.2 Å². The summed E-state index contributed by atoms with van der Waals surface area (Å²) in [5, 5.41) is 11.0. The lowest BCUT2D eigenvalue weighted by Crippen LogP contribution is -2.24. The molecule has 1 atom stereocenters. The molecule has 0 unspecified atom stereocenters. The van der Waals surface area contributed by atoms with Gasteiger partial charge < -0.3 is 19.2 Å². The van der Waals surface area contributed by atoms with Gasteiger partial charge in [0.15, 0.2) is 6.10 Å². The first-order valence-corrected chi connectivity index (χ1v) is 9.80. The van der Waals surface area contributed by atoms with Crippen molar-refractivity contribution in [3.63, 3.8) is 0 Å². The molecule has 0 spiro atoms. The van der Waals surface area contributed by atoms with E-state index in [1.165, 1.54) is 24.3 Å². The van der Waals surface area contributed by atoms with Crippen LogP contribution in [0, 0.1) is 5.82 Å². The summed E-state index contributed by atoms with van der Waals surface area (Å²) < 4.78 is 29.2. The lowest BCUT2D eigenvalue weighted by Gasteiger charge is -2.10. The monoisotopic (exact) mass is 417 g/mol. The van der Waals surface area contributed by atoms with Crippen molar-refractivity contribution in [2.75, 3.05) is 12.9 Å². The molecule has 0 saturated heterocycles. The molecular weight excluding hydrogens is 397 g/mol. The van der Waals surface area contributed by atoms with Crippen LogP contribution in [0.1, 0.15) is 24.5 Å². The molecule has 3 rings (SSSR count). The third kappa shape index (κ3) is 6.21. The van der Waals surface area contributed by atoms with Crippen LogP contribution in [0.4, 0.5) is 4.39 Å². The van der Waals surface area contributed by atoms with Crippen molar-refractivity contribution in [2.24, 2.45) is 0 Å². The fraction of sp³-hybridized carbons (Fsp3) is 0.250. The Morgan fingerprint density at radius 2 is 1.83 bits per heavy atom. The molecule has 3 aromatic rings. The predicted octanol–water partition coefficient (Wildman–Crippen LogP) is 3.77. The maximum absolute atomic E-state index is 12.9. The molecule has 0 bridgehead atoms. The number of hydrogen-bond donors (Lipinski definition) is 1. The van der Waals surface area contributed by atoms with Crippen LogP contribution in [0.5, 0.6) is 11.5 Å². The van der Waals surface area contributed by atoms with Crippen molar-refractivity contribution in [3.05, 3.63) is 65.8 Å². The van der Waals surface area contributed by atoms with Gasteiger partial charge in [-0.25, -0.2) is 4.39 Å². The highest BCUT2D eigenvalue weighted by atomic mass is 32.2. The standard InChI is InChI=1S/C20H20FN3O4S/c1-13(27-17-9-5-15(21)6-10-17)19-23-24-20(28-19)29-12-18(25)22-11-14-3-7-16(26-2)8-4-14/h3-10,13H,11-12H2,1-2H3,(H,22,25)/t13-/m0/s1. The molecule has 1 N–H and O–H groups in total. The number of methoxy groups -OCH3 is 1. The molecule has 152 valence electrons. The van der Waals surface area contributed by atoms with E-state index in [2.05, 4.69) is 15.5 Å². The minimum atomic E-state index is -0.508. The van der Waals surface area contributed by atoms with E-state index in [-0.39, 0.29) is 28.6 Å². The molecule has 1 amide bonds. The van der Waals surface area contributed by atoms with Crippen molar-refractivity contribution in [3.8, 4) is 11.5 Å². The van der Waals surface area contributed by atoms with Crippen LogP contribution in [0.25, 0.3) is 0 Å². The highest BCUT2D eigenvalue weighted by Gasteiger charge is 2.17. The number of nitrogens with one attached hydrogen (secondary N) is 1. The van der Waals surface area contributed by atoms with E-state index in [0.29, 0.717) is 12.3 Å². The molecule has 0 aliphatic heterocycles. The number of aromatic nitrogens is 2. The Morgan fingerprint density at radius 1 is 1.14 bits per heavy atom. The molecule has 9 heteroatoms. The Kier molecular flexibility index (Phi) is 7.07. The molecule has 0 fully saturated rings. The molecule has 0 aliphatic carbocycles. The van der Waals surface area contributed by atoms with E-state index in [0.717, 1.165) is 23.1 Å². The van der Waals surface area contributed by atoms with E-state index in [4.69, 9.17) is 13.9 Å². The van der Waals surface area contributed by atoms with E-state index in [1.807, 2.05) is 24.3 Å². The second-order valence-electron chi connectivity index (χ2n) is 6.03. The number of hydrogen-bond acceptors (Lipinski definition) is 7. The number of carbonyl (C=O) groups excluding carboxylic acids is 1. The summed E-state index contributed by atoms with van der Waals surface area (Å²) in [6.45, 7) is 2.16. The molecule has 0 saturated carbocycles. The molecule has 7 nitrogen and oxygen atoms in total. The molecular formula is C20H20FN3O4S. The van der Waals surface area contributed by atoms with Crippen LogP contribution in [-0.2, 0) is 11.3 Å². The fourth-order valence-electron chi connectivity index (χ4n) is 2.33. The van der Waals surface area contributed by atoms with Crippen LogP contribution in [-0.4, -0.2) is 29.0 Å². The molecule has 0 radical (unpaired) electrons. The van der Waals surface area contributed by atoms with Crippen LogP contribution in [0.2, 0.25) is 0 Å². The highest BCUT2D eigenvalue weighted by Crippen LogP contribution is 2.24. The third-order valence-corrected chi connectivity index (χ3v) is 4.69. The van der Waals surface area contributed by atoms with E-state index in [1.54, 1.807) is 14.0 Å². The normalized spacial score (nSPS) is 11.7. The van der Waals surface area contributed by atoms with Gasteiger partial charge in [-0.1, -0.05) is 23.9 Å². The van der Waals surface area contributed by atoms with Crippen LogP contribution in [0.3, 0.4) is 0 Å². The van der Waals surface area contributed by atoms with Gasteiger partial charge in [0.05, 0.1) is 12.9 Å². The van der Waals surface area contributed by atoms with Gasteiger partial charge in [-0.3, -0.25) is 4.79 Å². The number of thioether (sulfide) groups is 1. The number of benzene rings is 2. The van der Waals surface area contributed by atoms with Gasteiger partial charge in [0, 0.05) is 6.54 Å². The lowest BCUT2D eigenvalue weighted by atomic mass is 10.2. The van der Waals surface area contributed by atoms with Crippen molar-refractivity contribution in [2.45, 2.75) is 24.8 Å². The van der Waals surface area contributed by atoms with Crippen molar-refractivity contribution in [1.82, 2.24) is 15.5 Å². The number of amides is 1. The fourth-order valence-corrected chi connectivity index (χ4v) is 2.93. The Morgan fingerprint density at radius 3 is 2.52 bits per heavy atom. The smallest absolute Gasteiger partial charge is 0.277 e. The first-order valence-electron chi connectivity index (χ1n) is 8.81. The lowest BCUT2D eigenvalue weighted by molar-refractivity contribution is -0.118. The van der Waals surface area contributed by atoms with Crippen LogP contribution in [0.15, 0.2) is 58.2 Å². The second-order valence-corrected chi connectivity index (χ2v) is 6.96. The second kappa shape index (κ2) is 9.92. The van der Waals surface area contributed by atoms with Crippen molar-refractivity contribution < 1.29 is 23.1 Å². The minimum Gasteiger partial charge on any atom is -0.497 e. The summed E-state index contributed by atoms with van der Waals surface area (Å²) in [6.07, 6.45) is -0.508. The Labute approximate surface area is 171 Å². The zero-order chi connectivity index (χ0) is 20.6. The quantitative estimate of drug-likeness (QED) is 0.531. The molecule has 1 heterocycles. The zero-order valence-corrected chi connectivity index (χ0v) is 16.7. The van der Waals surface area contributed by atoms with Crippen LogP contribution >= 0.6 is 11.8 Å². The van der Waals surface area contributed by atoms with Gasteiger partial charge in [-0.05, 0) is 48.9 Å². The van der Waals surface area contributed by atoms with Gasteiger partial charge in [0.25, 0.3) is 11.1 Å². The molecule has 0 aliphatic rings. The van der Waals surface area contributed by atoms with E-state index in [9.17, 15) is 9.18 Å². The van der Waals surface area contributed by atoms with Gasteiger partial charge in [0.1, 0.15) is 17.3 Å². The summed E-state index contributed by atoms with van der Waals surface area (Å²) in [4.78, 5) is 12.0. The molecule has 2 aromatic carbocycles. The Hall–Kier alpha value is -3.07. The van der Waals surface area contributed by atoms with Crippen molar-refractivity contribution in [1.29, 1.82) is 0 Å². The molecule has 1 aromatic heterocycles. The topological polar surface area (TPSA) is 86.5 Å². The minimum absolute atomic E-state index is 0.144. The number of halogens is 1. The third-order valence-electron chi connectivity index (χ3n) is 3.87. The van der Waals surface area contributed by atoms with Crippen molar-refractivity contribution >= 4 is 17.7 Å². The zero-order valence-electron chi connectivity index (χ0n) is 15.9. The summed E-state index contributed by atoms with van der Waals surface area (Å²) >= 11 is 1.14. The first-order chi connectivity index (χ1) is 14.0. The average Bonchev–Trinajstić information content (AvgIpc) is 3.22. The van der Waals surface area contributed by atoms with Gasteiger partial charge in [-0.2, -0.15) is 0 Å². The average molecular weight is 417 g/mol. The maximum atomic E-state index is 12.9.